The molecule has 0 aromatic carbocycles. The smallest absolute Gasteiger partial charge is 0.147 e. The number of ether oxygens (including phenoxy) is 1. The molecule has 1 heterocycles. The third-order valence-electron chi connectivity index (χ3n) is 6.56. The number of carbonyl (C=O) groups excluding carboxylic acids is 2. The molecular formula is C24H42O4P2. The molecule has 0 aliphatic carbocycles. The highest BCUT2D eigenvalue weighted by Crippen LogP contribution is 2.44. The summed E-state index contributed by atoms with van der Waals surface area (Å²) >= 11 is 0. The number of epoxide rings is 1. The van der Waals surface area contributed by atoms with E-state index in [0.29, 0.717) is 12.4 Å². The number of allylic oxidation sites excluding steroid dienone is 4. The maximum absolute atomic E-state index is 13.1. The lowest BCUT2D eigenvalue weighted by atomic mass is 9.76. The largest absolute Gasteiger partial charge is 0.366 e. The predicted molar refractivity (Wildman–Crippen MR) is 131 cm³/mol. The Balaban J connectivity index is 2.59. The molecule has 1 aliphatic rings. The van der Waals surface area contributed by atoms with Crippen molar-refractivity contribution in [3.05, 3.63) is 23.8 Å². The minimum Gasteiger partial charge on any atom is -0.366 e. The van der Waals surface area contributed by atoms with Gasteiger partial charge in [-0.1, -0.05) is 46.9 Å². The van der Waals surface area contributed by atoms with Gasteiger partial charge >= 0.3 is 0 Å². The van der Waals surface area contributed by atoms with Gasteiger partial charge in [-0.05, 0) is 72.3 Å². The topological polar surface area (TPSA) is 55.9 Å². The van der Waals surface area contributed by atoms with Gasteiger partial charge in [0.05, 0.1) is 17.8 Å². The summed E-state index contributed by atoms with van der Waals surface area (Å²) in [4.78, 5) is 23.7. The molecule has 1 saturated heterocycles. The van der Waals surface area contributed by atoms with Crippen LogP contribution >= 0.6 is 17.4 Å². The molecule has 1 rings (SSSR count). The van der Waals surface area contributed by atoms with E-state index in [2.05, 4.69) is 42.7 Å². The van der Waals surface area contributed by atoms with Crippen molar-refractivity contribution in [3.63, 3.8) is 0 Å². The molecule has 172 valence electrons. The highest BCUT2D eigenvalue weighted by atomic mass is 32.0. The second kappa shape index (κ2) is 12.6. The number of aldehydes is 1. The quantitative estimate of drug-likeness (QED) is 0.0934. The fourth-order valence-electron chi connectivity index (χ4n) is 4.21. The van der Waals surface area contributed by atoms with E-state index in [4.69, 9.17) is 9.26 Å². The van der Waals surface area contributed by atoms with Gasteiger partial charge in [0.25, 0.3) is 0 Å². The SMILES string of the molecule is C/C=C(\C)CCC1OC1(C)CCCC(C)C(OPP)C(C)C(=O)C(C)(C)/C=C/C=O. The van der Waals surface area contributed by atoms with Crippen LogP contribution in [0.4, 0.5) is 0 Å². The van der Waals surface area contributed by atoms with Crippen molar-refractivity contribution >= 4 is 29.5 Å². The Morgan fingerprint density at radius 3 is 2.60 bits per heavy atom. The van der Waals surface area contributed by atoms with Crippen LogP contribution in [0.15, 0.2) is 23.8 Å². The van der Waals surface area contributed by atoms with E-state index in [9.17, 15) is 9.59 Å². The highest BCUT2D eigenvalue weighted by Gasteiger charge is 2.50. The van der Waals surface area contributed by atoms with Crippen molar-refractivity contribution in [2.24, 2.45) is 17.3 Å². The fourth-order valence-corrected chi connectivity index (χ4v) is 5.27. The molecule has 0 N–H and O–H groups in total. The molecule has 0 saturated carbocycles. The van der Waals surface area contributed by atoms with Gasteiger partial charge in [0, 0.05) is 19.8 Å². The van der Waals surface area contributed by atoms with Crippen LogP contribution in [-0.4, -0.2) is 29.9 Å². The van der Waals surface area contributed by atoms with Crippen LogP contribution in [0, 0.1) is 17.3 Å². The molecule has 4 nitrogen and oxygen atoms in total. The van der Waals surface area contributed by atoms with Crippen LogP contribution in [0.5, 0.6) is 0 Å². The first-order chi connectivity index (χ1) is 14.0. The average Bonchev–Trinajstić information content (AvgIpc) is 3.36. The zero-order valence-corrected chi connectivity index (χ0v) is 22.0. The summed E-state index contributed by atoms with van der Waals surface area (Å²) in [6.45, 7) is 14.3. The van der Waals surface area contributed by atoms with Crippen molar-refractivity contribution < 1.29 is 18.8 Å². The molecule has 0 amide bonds. The average molecular weight is 457 g/mol. The van der Waals surface area contributed by atoms with Gasteiger partial charge in [-0.15, -0.1) is 0 Å². The Hall–Kier alpha value is -0.400. The second-order valence-corrected chi connectivity index (χ2v) is 10.7. The first-order valence-electron chi connectivity index (χ1n) is 11.1. The van der Waals surface area contributed by atoms with E-state index in [0.717, 1.165) is 32.1 Å². The normalized spacial score (nSPS) is 25.6. The number of rotatable bonds is 15. The Bertz CT molecular complexity index is 629. The lowest BCUT2D eigenvalue weighted by Gasteiger charge is -2.32. The molecule has 0 aromatic heterocycles. The highest BCUT2D eigenvalue weighted by molar-refractivity contribution is 8.00. The molecule has 1 fully saturated rings. The predicted octanol–water partition coefficient (Wildman–Crippen LogP) is 6.45. The number of carbonyl (C=O) groups is 2. The monoisotopic (exact) mass is 456 g/mol. The summed E-state index contributed by atoms with van der Waals surface area (Å²) in [5, 5.41) is 0. The van der Waals surface area contributed by atoms with Crippen LogP contribution in [0.1, 0.15) is 80.6 Å². The van der Waals surface area contributed by atoms with Crippen LogP contribution in [-0.2, 0) is 18.8 Å². The fraction of sp³-hybridized carbons (Fsp3) is 0.750. The first-order valence-corrected chi connectivity index (χ1v) is 13.8. The Morgan fingerprint density at radius 1 is 1.37 bits per heavy atom. The Morgan fingerprint density at radius 2 is 2.03 bits per heavy atom. The molecule has 0 aromatic rings. The van der Waals surface area contributed by atoms with E-state index >= 15 is 0 Å². The van der Waals surface area contributed by atoms with Gasteiger partial charge in [-0.3, -0.25) is 9.59 Å². The Kier molecular flexibility index (Phi) is 11.6. The van der Waals surface area contributed by atoms with E-state index < -0.39 is 5.41 Å². The van der Waals surface area contributed by atoms with E-state index in [1.54, 1.807) is 6.08 Å². The van der Waals surface area contributed by atoms with Crippen LogP contribution < -0.4 is 0 Å². The third kappa shape index (κ3) is 8.27. The minimum absolute atomic E-state index is 0.00943. The van der Waals surface area contributed by atoms with Gasteiger partial charge in [-0.25, -0.2) is 0 Å². The van der Waals surface area contributed by atoms with Crippen LogP contribution in [0.25, 0.3) is 0 Å². The standard InChI is InChI=1S/C24H42O4P2/c1-8-17(2)12-13-20-24(7,27-20)15-9-11-18(3)21(28-30-29)19(4)22(26)23(5,6)14-10-16-25/h8,10,14,16,18-21,30H,9,11-13,15,29H2,1-7H3/b14-10+,17-8+. The third-order valence-corrected chi connectivity index (χ3v) is 7.38. The van der Waals surface area contributed by atoms with Crippen molar-refractivity contribution in [2.75, 3.05) is 0 Å². The van der Waals surface area contributed by atoms with Gasteiger partial charge in [0.15, 0.2) is 0 Å². The van der Waals surface area contributed by atoms with E-state index in [1.807, 2.05) is 20.8 Å². The molecule has 7 unspecified atom stereocenters. The lowest BCUT2D eigenvalue weighted by Crippen LogP contribution is -2.38. The van der Waals surface area contributed by atoms with Crippen LogP contribution in [0.2, 0.25) is 0 Å². The zero-order valence-electron chi connectivity index (χ0n) is 19.9. The molecule has 0 spiro atoms. The molecule has 30 heavy (non-hydrogen) atoms. The van der Waals surface area contributed by atoms with Gasteiger partial charge in [0.2, 0.25) is 0 Å². The molecule has 7 atom stereocenters. The number of ketones is 1. The number of Topliss-reactive ketones (excluding diaryl/α,β-unsaturated/α-hetero) is 1. The Labute approximate surface area is 188 Å². The minimum atomic E-state index is -0.681. The molecular weight excluding hydrogens is 414 g/mol. The summed E-state index contributed by atoms with van der Waals surface area (Å²) in [7, 11) is 2.88. The maximum atomic E-state index is 13.1. The van der Waals surface area contributed by atoms with Crippen molar-refractivity contribution in [1.82, 2.24) is 0 Å². The van der Waals surface area contributed by atoms with Crippen LogP contribution in [0.3, 0.4) is 0 Å². The number of hydrogen-bond acceptors (Lipinski definition) is 4. The van der Waals surface area contributed by atoms with Gasteiger partial charge in [-0.2, -0.15) is 0 Å². The molecule has 6 heteroatoms. The summed E-state index contributed by atoms with van der Waals surface area (Å²) < 4.78 is 12.0. The number of hydrogen-bond donors (Lipinski definition) is 0. The molecule has 1 aliphatic heterocycles. The van der Waals surface area contributed by atoms with Crippen molar-refractivity contribution in [1.29, 1.82) is 0 Å². The van der Waals surface area contributed by atoms with E-state index in [-0.39, 0.29) is 37.8 Å². The lowest BCUT2D eigenvalue weighted by molar-refractivity contribution is -0.132. The summed E-state index contributed by atoms with van der Waals surface area (Å²) in [6, 6.07) is 0. The molecule has 0 radical (unpaired) electrons. The summed E-state index contributed by atoms with van der Waals surface area (Å²) in [5.41, 5.74) is 0.749. The van der Waals surface area contributed by atoms with Crippen molar-refractivity contribution in [2.45, 2.75) is 98.4 Å². The summed E-state index contributed by atoms with van der Waals surface area (Å²) in [5.74, 6) is 0.148. The molecule has 0 bridgehead atoms. The van der Waals surface area contributed by atoms with E-state index in [1.165, 1.54) is 11.6 Å². The second-order valence-electron chi connectivity index (χ2n) is 9.53. The van der Waals surface area contributed by atoms with Gasteiger partial charge in [0.1, 0.15) is 12.1 Å². The maximum Gasteiger partial charge on any atom is 0.147 e. The first kappa shape index (κ1) is 27.6. The van der Waals surface area contributed by atoms with Crippen molar-refractivity contribution in [3.8, 4) is 0 Å². The summed E-state index contributed by atoms with van der Waals surface area (Å²) in [6.07, 6.45) is 11.5. The van der Waals surface area contributed by atoms with Gasteiger partial charge < -0.3 is 9.26 Å². The zero-order chi connectivity index (χ0) is 22.9.